The predicted molar refractivity (Wildman–Crippen MR) is 94.8 cm³/mol. The van der Waals surface area contributed by atoms with E-state index in [4.69, 9.17) is 11.6 Å². The standard InChI is InChI=1S/C19H14ClN4O.BrH/c20-15-8-6-14(7-9-15)19(25)13-23-11-10-18-17(12-23)21-22-24(18)16-4-2-1-3-5-16;/h1-12H,13H2;1H/q+1;/p-1. The fourth-order valence-corrected chi connectivity index (χ4v) is 2.79. The average molecular weight is 430 g/mol. The molecule has 0 atom stereocenters. The van der Waals surface area contributed by atoms with Gasteiger partial charge >= 0.3 is 0 Å². The lowest BCUT2D eigenvalue weighted by atomic mass is 10.1. The third-order valence-corrected chi connectivity index (χ3v) is 4.19. The number of aromatic nitrogens is 4. The van der Waals surface area contributed by atoms with E-state index in [1.807, 2.05) is 53.4 Å². The maximum Gasteiger partial charge on any atom is 0.227 e. The van der Waals surface area contributed by atoms with Crippen LogP contribution in [0.2, 0.25) is 5.02 Å². The number of halogens is 2. The second-order valence-corrected chi connectivity index (χ2v) is 6.09. The highest BCUT2D eigenvalue weighted by Crippen LogP contribution is 2.14. The lowest BCUT2D eigenvalue weighted by molar-refractivity contribution is -0.681. The third-order valence-electron chi connectivity index (χ3n) is 3.94. The summed E-state index contributed by atoms with van der Waals surface area (Å²) in [5.74, 6) is 0.0106. The molecule has 4 aromatic rings. The lowest BCUT2D eigenvalue weighted by Gasteiger charge is -2.01. The van der Waals surface area contributed by atoms with Crippen LogP contribution in [0.1, 0.15) is 10.4 Å². The lowest BCUT2D eigenvalue weighted by Crippen LogP contribution is -3.00. The number of pyridine rings is 1. The maximum atomic E-state index is 12.4. The van der Waals surface area contributed by atoms with Crippen LogP contribution >= 0.6 is 11.6 Å². The molecule has 0 N–H and O–H groups in total. The van der Waals surface area contributed by atoms with E-state index in [1.165, 1.54) is 0 Å². The van der Waals surface area contributed by atoms with Crippen molar-refractivity contribution < 1.29 is 26.3 Å². The summed E-state index contributed by atoms with van der Waals surface area (Å²) >= 11 is 5.86. The average Bonchev–Trinajstić information content (AvgIpc) is 3.06. The summed E-state index contributed by atoms with van der Waals surface area (Å²) in [5, 5.41) is 9.03. The summed E-state index contributed by atoms with van der Waals surface area (Å²) in [6.45, 7) is 0.232. The molecular formula is C19H14BrClN4O. The van der Waals surface area contributed by atoms with E-state index >= 15 is 0 Å². The summed E-state index contributed by atoms with van der Waals surface area (Å²) in [6, 6.07) is 18.6. The van der Waals surface area contributed by atoms with Crippen LogP contribution in [0.25, 0.3) is 16.7 Å². The van der Waals surface area contributed by atoms with Crippen molar-refractivity contribution in [3.8, 4) is 5.69 Å². The molecule has 0 spiro atoms. The molecule has 0 radical (unpaired) electrons. The Morgan fingerprint density at radius 1 is 1.04 bits per heavy atom. The molecule has 0 saturated heterocycles. The van der Waals surface area contributed by atoms with Gasteiger partial charge in [-0.2, -0.15) is 4.57 Å². The number of rotatable bonds is 4. The SMILES string of the molecule is O=C(C[n+]1ccc2c(c1)nnn2-c1ccccc1)c1ccc(Cl)cc1.[Br-]. The van der Waals surface area contributed by atoms with Crippen molar-refractivity contribution in [3.05, 3.63) is 83.6 Å². The number of ketones is 1. The van der Waals surface area contributed by atoms with Crippen LogP contribution in [0.5, 0.6) is 0 Å². The fraction of sp³-hybridized carbons (Fsp3) is 0.0526. The number of hydrogen-bond donors (Lipinski definition) is 0. The zero-order valence-corrected chi connectivity index (χ0v) is 15.9. The van der Waals surface area contributed by atoms with Gasteiger partial charge in [0.05, 0.1) is 5.69 Å². The summed E-state index contributed by atoms with van der Waals surface area (Å²) < 4.78 is 3.59. The molecule has 5 nitrogen and oxygen atoms in total. The highest BCUT2D eigenvalue weighted by Gasteiger charge is 2.15. The molecule has 2 heterocycles. The Hall–Kier alpha value is -2.57. The quantitative estimate of drug-likeness (QED) is 0.345. The Morgan fingerprint density at radius 3 is 2.50 bits per heavy atom. The summed E-state index contributed by atoms with van der Waals surface area (Å²) in [7, 11) is 0. The Balaban J connectivity index is 0.00000196. The van der Waals surface area contributed by atoms with Gasteiger partial charge in [0.15, 0.2) is 17.9 Å². The summed E-state index contributed by atoms with van der Waals surface area (Å²) in [5.41, 5.74) is 3.20. The zero-order chi connectivity index (χ0) is 17.2. The predicted octanol–water partition coefficient (Wildman–Crippen LogP) is 0.248. The van der Waals surface area contributed by atoms with Crippen molar-refractivity contribution in [2.45, 2.75) is 6.54 Å². The number of nitrogens with zero attached hydrogens (tertiary/aromatic N) is 4. The molecule has 0 aliphatic rings. The summed E-state index contributed by atoms with van der Waals surface area (Å²) in [4.78, 5) is 12.4. The number of para-hydroxylation sites is 1. The first-order valence-electron chi connectivity index (χ1n) is 7.79. The van der Waals surface area contributed by atoms with Crippen LogP contribution in [0.15, 0.2) is 73.1 Å². The Labute approximate surface area is 165 Å². The van der Waals surface area contributed by atoms with Gasteiger partial charge in [-0.05, 0) is 36.4 Å². The van der Waals surface area contributed by atoms with Gasteiger partial charge in [-0.3, -0.25) is 4.79 Å². The van der Waals surface area contributed by atoms with Crippen molar-refractivity contribution in [2.24, 2.45) is 0 Å². The molecule has 0 aliphatic heterocycles. The molecule has 0 fully saturated rings. The Kier molecular flexibility index (Phi) is 5.44. The van der Waals surface area contributed by atoms with E-state index in [0.29, 0.717) is 10.6 Å². The number of benzene rings is 2. The van der Waals surface area contributed by atoms with Crippen molar-refractivity contribution >= 4 is 28.4 Å². The Bertz CT molecular complexity index is 1050. The second kappa shape index (κ2) is 7.76. The maximum absolute atomic E-state index is 12.4. The number of Topliss-reactive ketones (excluding diaryl/α,β-unsaturated/α-hetero) is 1. The summed E-state index contributed by atoms with van der Waals surface area (Å²) in [6.07, 6.45) is 3.69. The highest BCUT2D eigenvalue weighted by molar-refractivity contribution is 6.30. The van der Waals surface area contributed by atoms with Gasteiger partial charge < -0.3 is 17.0 Å². The third kappa shape index (κ3) is 3.66. The molecule has 0 bridgehead atoms. The number of carbonyl (C=O) groups excluding carboxylic acids is 1. The minimum Gasteiger partial charge on any atom is -1.00 e. The van der Waals surface area contributed by atoms with Gasteiger partial charge in [0.1, 0.15) is 5.52 Å². The largest absolute Gasteiger partial charge is 1.00 e. The first kappa shape index (κ1) is 18.2. The molecule has 130 valence electrons. The van der Waals surface area contributed by atoms with Gasteiger partial charge in [-0.1, -0.05) is 35.0 Å². The van der Waals surface area contributed by atoms with Gasteiger partial charge in [-0.15, -0.1) is 5.10 Å². The van der Waals surface area contributed by atoms with Crippen molar-refractivity contribution in [3.63, 3.8) is 0 Å². The van der Waals surface area contributed by atoms with E-state index in [-0.39, 0.29) is 29.3 Å². The minimum atomic E-state index is 0. The first-order chi connectivity index (χ1) is 12.2. The zero-order valence-electron chi connectivity index (χ0n) is 13.6. The van der Waals surface area contributed by atoms with Gasteiger partial charge in [-0.25, -0.2) is 4.68 Å². The molecule has 0 aliphatic carbocycles. The van der Waals surface area contributed by atoms with Crippen LogP contribution < -0.4 is 21.5 Å². The first-order valence-corrected chi connectivity index (χ1v) is 8.17. The van der Waals surface area contributed by atoms with E-state index < -0.39 is 0 Å². The van der Waals surface area contributed by atoms with E-state index in [1.54, 1.807) is 28.9 Å². The Morgan fingerprint density at radius 2 is 1.77 bits per heavy atom. The van der Waals surface area contributed by atoms with Gasteiger partial charge in [0, 0.05) is 16.7 Å². The molecule has 7 heteroatoms. The molecule has 4 rings (SSSR count). The van der Waals surface area contributed by atoms with Crippen LogP contribution in [0.3, 0.4) is 0 Å². The van der Waals surface area contributed by atoms with Crippen LogP contribution in [-0.2, 0) is 6.54 Å². The van der Waals surface area contributed by atoms with E-state index in [9.17, 15) is 4.79 Å². The minimum absolute atomic E-state index is 0. The van der Waals surface area contributed by atoms with Crippen LogP contribution in [0.4, 0.5) is 0 Å². The van der Waals surface area contributed by atoms with Crippen molar-refractivity contribution in [1.82, 2.24) is 15.0 Å². The number of carbonyl (C=O) groups is 1. The normalized spacial score (nSPS) is 10.5. The second-order valence-electron chi connectivity index (χ2n) is 5.65. The monoisotopic (exact) mass is 428 g/mol. The molecule has 26 heavy (non-hydrogen) atoms. The molecule has 0 amide bonds. The molecule has 0 saturated carbocycles. The van der Waals surface area contributed by atoms with Crippen molar-refractivity contribution in [1.29, 1.82) is 0 Å². The number of fused-ring (bicyclic) bond motifs is 1. The number of hydrogen-bond acceptors (Lipinski definition) is 3. The van der Waals surface area contributed by atoms with Crippen LogP contribution in [-0.4, -0.2) is 20.8 Å². The van der Waals surface area contributed by atoms with E-state index in [2.05, 4.69) is 10.3 Å². The molecule has 2 aromatic heterocycles. The van der Waals surface area contributed by atoms with Gasteiger partial charge in [0.25, 0.3) is 0 Å². The smallest absolute Gasteiger partial charge is 0.227 e. The molecule has 2 aromatic carbocycles. The topological polar surface area (TPSA) is 51.7 Å². The molecular weight excluding hydrogens is 416 g/mol. The van der Waals surface area contributed by atoms with Crippen molar-refractivity contribution in [2.75, 3.05) is 0 Å². The molecule has 0 unspecified atom stereocenters. The van der Waals surface area contributed by atoms with Gasteiger partial charge in [0.2, 0.25) is 12.3 Å². The highest BCUT2D eigenvalue weighted by atomic mass is 79.9. The van der Waals surface area contributed by atoms with E-state index in [0.717, 1.165) is 16.7 Å². The fourth-order valence-electron chi connectivity index (χ4n) is 2.67. The van der Waals surface area contributed by atoms with Crippen LogP contribution in [0, 0.1) is 0 Å².